The van der Waals surface area contributed by atoms with Crippen molar-refractivity contribution in [1.82, 2.24) is 9.88 Å². The van der Waals surface area contributed by atoms with Gasteiger partial charge in [-0.2, -0.15) is 0 Å². The van der Waals surface area contributed by atoms with Crippen LogP contribution < -0.4 is 4.90 Å². The van der Waals surface area contributed by atoms with Gasteiger partial charge in [0.05, 0.1) is 0 Å². The zero-order chi connectivity index (χ0) is 19.4. The van der Waals surface area contributed by atoms with Gasteiger partial charge >= 0.3 is 6.09 Å². The molecule has 6 nitrogen and oxygen atoms in total. The molecule has 3 rings (SSSR count). The highest BCUT2D eigenvalue weighted by molar-refractivity contribution is 6.08. The Bertz CT molecular complexity index is 790. The fraction of sp³-hybridized carbons (Fsp3) is 0.381. The van der Waals surface area contributed by atoms with Crippen molar-refractivity contribution in [3.05, 3.63) is 59.8 Å². The van der Waals surface area contributed by atoms with Crippen molar-refractivity contribution in [1.29, 1.82) is 0 Å². The summed E-state index contributed by atoms with van der Waals surface area (Å²) >= 11 is 0. The van der Waals surface area contributed by atoms with Crippen molar-refractivity contribution in [2.24, 2.45) is 0 Å². The molecule has 1 fully saturated rings. The van der Waals surface area contributed by atoms with Crippen LogP contribution in [0.3, 0.4) is 0 Å². The summed E-state index contributed by atoms with van der Waals surface area (Å²) < 4.78 is 5.42. The standard InChI is InChI=1S/C21H25N3O3/c1-21(2,3)27-20(26)24-13-11-23(12-14-24)18-10-9-17(15-22-18)19(25)16-7-5-4-6-8-16/h4-10,15H,11-14H2,1-3H3. The Hall–Kier alpha value is -2.89. The molecule has 2 heterocycles. The summed E-state index contributed by atoms with van der Waals surface area (Å²) in [6.45, 7) is 8.12. The van der Waals surface area contributed by atoms with Crippen LogP contribution >= 0.6 is 0 Å². The number of nitrogens with zero attached hydrogens (tertiary/aromatic N) is 3. The summed E-state index contributed by atoms with van der Waals surface area (Å²) in [5.74, 6) is 0.771. The fourth-order valence-electron chi connectivity index (χ4n) is 2.91. The number of piperazine rings is 1. The van der Waals surface area contributed by atoms with E-state index in [0.717, 1.165) is 5.82 Å². The normalized spacial score (nSPS) is 14.8. The molecule has 1 aliphatic heterocycles. The van der Waals surface area contributed by atoms with Crippen molar-refractivity contribution in [3.8, 4) is 0 Å². The number of benzene rings is 1. The molecule has 1 amide bonds. The second kappa shape index (κ2) is 7.78. The van der Waals surface area contributed by atoms with Crippen LogP contribution in [-0.4, -0.2) is 53.5 Å². The van der Waals surface area contributed by atoms with Gasteiger partial charge in [0.2, 0.25) is 0 Å². The van der Waals surface area contributed by atoms with Crippen LogP contribution in [0.2, 0.25) is 0 Å². The first-order chi connectivity index (χ1) is 12.8. The maximum Gasteiger partial charge on any atom is 0.410 e. The van der Waals surface area contributed by atoms with Crippen molar-refractivity contribution in [2.45, 2.75) is 26.4 Å². The van der Waals surface area contributed by atoms with Gasteiger partial charge < -0.3 is 14.5 Å². The van der Waals surface area contributed by atoms with Gasteiger partial charge in [0.1, 0.15) is 11.4 Å². The number of hydrogen-bond donors (Lipinski definition) is 0. The molecule has 0 unspecified atom stereocenters. The summed E-state index contributed by atoms with van der Waals surface area (Å²) in [5, 5.41) is 0. The predicted molar refractivity (Wildman–Crippen MR) is 104 cm³/mol. The second-order valence-corrected chi connectivity index (χ2v) is 7.55. The van der Waals surface area contributed by atoms with Crippen molar-refractivity contribution >= 4 is 17.7 Å². The Morgan fingerprint density at radius 3 is 2.15 bits per heavy atom. The Labute approximate surface area is 159 Å². The molecule has 6 heteroatoms. The van der Waals surface area contributed by atoms with E-state index in [-0.39, 0.29) is 11.9 Å². The van der Waals surface area contributed by atoms with Crippen molar-refractivity contribution < 1.29 is 14.3 Å². The SMILES string of the molecule is CC(C)(C)OC(=O)N1CCN(c2ccc(C(=O)c3ccccc3)cn2)CC1. The van der Waals surface area contributed by atoms with Gasteiger partial charge in [0, 0.05) is 43.5 Å². The molecule has 0 N–H and O–H groups in total. The molecule has 0 aliphatic carbocycles. The number of anilines is 1. The van der Waals surface area contributed by atoms with Crippen LogP contribution in [0, 0.1) is 0 Å². The molecular formula is C21H25N3O3. The highest BCUT2D eigenvalue weighted by Crippen LogP contribution is 2.17. The van der Waals surface area contributed by atoms with Crippen LogP contribution in [0.25, 0.3) is 0 Å². The lowest BCUT2D eigenvalue weighted by Crippen LogP contribution is -2.50. The maximum atomic E-state index is 12.5. The van der Waals surface area contributed by atoms with Gasteiger partial charge in [0.25, 0.3) is 0 Å². The first-order valence-electron chi connectivity index (χ1n) is 9.12. The summed E-state index contributed by atoms with van der Waals surface area (Å²) in [6.07, 6.45) is 1.34. The molecule has 0 atom stereocenters. The first kappa shape index (κ1) is 18.9. The van der Waals surface area contributed by atoms with Crippen LogP contribution in [0.5, 0.6) is 0 Å². The molecule has 1 aliphatic rings. The van der Waals surface area contributed by atoms with E-state index in [9.17, 15) is 9.59 Å². The average molecular weight is 367 g/mol. The highest BCUT2D eigenvalue weighted by Gasteiger charge is 2.26. The van der Waals surface area contributed by atoms with E-state index in [0.29, 0.717) is 37.3 Å². The van der Waals surface area contributed by atoms with Gasteiger partial charge in [-0.25, -0.2) is 9.78 Å². The van der Waals surface area contributed by atoms with Crippen LogP contribution in [0.4, 0.5) is 10.6 Å². The minimum atomic E-state index is -0.489. The quantitative estimate of drug-likeness (QED) is 0.779. The van der Waals surface area contributed by atoms with Gasteiger partial charge in [-0.15, -0.1) is 0 Å². The second-order valence-electron chi connectivity index (χ2n) is 7.55. The monoisotopic (exact) mass is 367 g/mol. The lowest BCUT2D eigenvalue weighted by atomic mass is 10.1. The smallest absolute Gasteiger partial charge is 0.410 e. The Kier molecular flexibility index (Phi) is 5.44. The van der Waals surface area contributed by atoms with Gasteiger partial charge in [-0.1, -0.05) is 30.3 Å². The fourth-order valence-corrected chi connectivity index (χ4v) is 2.91. The minimum absolute atomic E-state index is 0.0376. The molecule has 1 aromatic heterocycles. The number of carbonyl (C=O) groups excluding carboxylic acids is 2. The van der Waals surface area contributed by atoms with E-state index in [1.165, 1.54) is 0 Å². The molecule has 0 saturated carbocycles. The number of aromatic nitrogens is 1. The Morgan fingerprint density at radius 1 is 0.926 bits per heavy atom. The number of ether oxygens (including phenoxy) is 1. The molecule has 2 aromatic rings. The van der Waals surface area contributed by atoms with E-state index >= 15 is 0 Å². The zero-order valence-electron chi connectivity index (χ0n) is 16.0. The molecule has 0 spiro atoms. The molecular weight excluding hydrogens is 342 g/mol. The topological polar surface area (TPSA) is 62.7 Å². The average Bonchev–Trinajstić information content (AvgIpc) is 2.67. The van der Waals surface area contributed by atoms with E-state index in [1.807, 2.05) is 45.0 Å². The Balaban J connectivity index is 1.59. The van der Waals surface area contributed by atoms with Gasteiger partial charge in [0.15, 0.2) is 5.78 Å². The molecule has 142 valence electrons. The van der Waals surface area contributed by atoms with Crippen molar-refractivity contribution in [2.75, 3.05) is 31.1 Å². The van der Waals surface area contributed by atoms with Crippen LogP contribution in [0.15, 0.2) is 48.7 Å². The predicted octanol–water partition coefficient (Wildman–Crippen LogP) is 3.37. The first-order valence-corrected chi connectivity index (χ1v) is 9.12. The number of amides is 1. The van der Waals surface area contributed by atoms with Crippen LogP contribution in [0.1, 0.15) is 36.7 Å². The summed E-state index contributed by atoms with van der Waals surface area (Å²) in [6, 6.07) is 12.8. The molecule has 0 radical (unpaired) electrons. The zero-order valence-corrected chi connectivity index (χ0v) is 16.0. The Morgan fingerprint density at radius 2 is 1.59 bits per heavy atom. The number of rotatable bonds is 3. The number of ketones is 1. The molecule has 1 aromatic carbocycles. The van der Waals surface area contributed by atoms with E-state index in [2.05, 4.69) is 9.88 Å². The maximum absolute atomic E-state index is 12.5. The molecule has 27 heavy (non-hydrogen) atoms. The van der Waals surface area contributed by atoms with E-state index in [1.54, 1.807) is 29.3 Å². The lowest BCUT2D eigenvalue weighted by molar-refractivity contribution is 0.0240. The summed E-state index contributed by atoms with van der Waals surface area (Å²) in [5.41, 5.74) is 0.729. The molecule has 0 bridgehead atoms. The summed E-state index contributed by atoms with van der Waals surface area (Å²) in [4.78, 5) is 32.9. The third-order valence-electron chi connectivity index (χ3n) is 4.30. The van der Waals surface area contributed by atoms with E-state index < -0.39 is 5.60 Å². The van der Waals surface area contributed by atoms with Gasteiger partial charge in [-0.05, 0) is 32.9 Å². The highest BCUT2D eigenvalue weighted by atomic mass is 16.6. The minimum Gasteiger partial charge on any atom is -0.444 e. The third-order valence-corrected chi connectivity index (χ3v) is 4.30. The largest absolute Gasteiger partial charge is 0.444 e. The van der Waals surface area contributed by atoms with Gasteiger partial charge in [-0.3, -0.25) is 4.79 Å². The lowest BCUT2D eigenvalue weighted by Gasteiger charge is -2.36. The van der Waals surface area contributed by atoms with Crippen LogP contribution in [-0.2, 0) is 4.74 Å². The molecule has 1 saturated heterocycles. The number of carbonyl (C=O) groups is 2. The number of hydrogen-bond acceptors (Lipinski definition) is 5. The van der Waals surface area contributed by atoms with Crippen molar-refractivity contribution in [3.63, 3.8) is 0 Å². The van der Waals surface area contributed by atoms with E-state index in [4.69, 9.17) is 4.74 Å². The third kappa shape index (κ3) is 4.84. The summed E-state index contributed by atoms with van der Waals surface area (Å²) in [7, 11) is 0. The number of pyridine rings is 1.